The second-order valence-electron chi connectivity index (χ2n) is 38.8. The summed E-state index contributed by atoms with van der Waals surface area (Å²) in [6, 6.07) is 8.01. The molecule has 740 valence electrons. The summed E-state index contributed by atoms with van der Waals surface area (Å²) in [4.78, 5) is 69.3. The molecule has 4 saturated heterocycles. The van der Waals surface area contributed by atoms with Crippen LogP contribution >= 0.6 is 15.9 Å². The van der Waals surface area contributed by atoms with Gasteiger partial charge in [0.1, 0.15) is 35.0 Å². The van der Waals surface area contributed by atoms with Gasteiger partial charge in [-0.25, -0.2) is 9.97 Å². The van der Waals surface area contributed by atoms with Gasteiger partial charge < -0.3 is 46.1 Å². The summed E-state index contributed by atoms with van der Waals surface area (Å²) in [6.07, 6.45) is 92.2. The average molecular weight is 1850 g/mol. The number of carboxylic acids is 1. The Bertz CT molecular complexity index is 2870. The van der Waals surface area contributed by atoms with Gasteiger partial charge in [-0.1, -0.05) is 409 Å². The van der Waals surface area contributed by atoms with Gasteiger partial charge in [0.15, 0.2) is 5.82 Å². The van der Waals surface area contributed by atoms with Crippen molar-refractivity contribution in [2.24, 2.45) is 23.7 Å². The molecule has 2 aromatic heterocycles. The Hall–Kier alpha value is -3.74. The molecule has 0 unspecified atom stereocenters. The van der Waals surface area contributed by atoms with Crippen LogP contribution in [0.25, 0.3) is 21.9 Å². The van der Waals surface area contributed by atoms with Crippen LogP contribution in [0.15, 0.2) is 24.3 Å². The normalized spacial score (nSPS) is 15.0. The van der Waals surface area contributed by atoms with E-state index in [1.807, 2.05) is 22.9 Å². The maximum Gasteiger partial charge on any atom is 0.306 e. The number of aliphatic carboxylic acids is 1. The van der Waals surface area contributed by atoms with Crippen LogP contribution in [0.1, 0.15) is 498 Å². The standard InChI is InChI=1S/C40H66N6O2.C23H45NO.C22H43NO2.C16H33Br.C7H13NO.C2H6O/c1-3-5-7-8-9-10-11-12-13-14-15-16-17-21-29-45-30-26-33(27-31-45)40(47)42-28-20-22-32-48-46-36(25-6-4-2)44-37-38(46)34-23-18-19-24-35(34)43-39(37)41;1-3-4-5-6-7-8-9-10-11-12-13-14-15-16-19-24-20-17-23(18-21-24)22(2)25;1-2-3-4-5-6-7-8-9-10-11-12-13-14-15-18-23-19-16-21(17-20-23)22(24)25;1-2-3-4-5-6-7-8-9-10-11-12-13-14-15-16-17;1-6(9)7-2-4-8-5-3-7;1-2-3/h18-19,23-24,33H,3-17,20-22,25-32H2,1-2H3,(H2,41,43)(H,42,47);23H,3-21H2,1-2H3;21H,2-20H2,1H3,(H,24,25);2-16H2,1H3;7-8H,2-5H2,1H3;3H,2H2,1H3. The minimum atomic E-state index is -0.601. The number of carbonyl (C=O) groups is 4. The van der Waals surface area contributed by atoms with Crippen LogP contribution < -0.4 is 21.2 Å². The number of ketones is 2. The highest BCUT2D eigenvalue weighted by Gasteiger charge is 2.27. The number of pyridine rings is 1. The van der Waals surface area contributed by atoms with Crippen LogP contribution in [-0.4, -0.2) is 160 Å². The summed E-state index contributed by atoms with van der Waals surface area (Å²) in [5.41, 5.74) is 8.75. The van der Waals surface area contributed by atoms with Gasteiger partial charge in [0.05, 0.1) is 11.4 Å². The number of benzene rings is 1. The van der Waals surface area contributed by atoms with Crippen LogP contribution in [0.5, 0.6) is 0 Å². The summed E-state index contributed by atoms with van der Waals surface area (Å²) in [7, 11) is 0. The number of nitrogen functional groups attached to an aromatic ring is 1. The number of Topliss-reactive ketones (excluding diaryl/α,β-unsaturated/α-hetero) is 2. The first kappa shape index (κ1) is 119. The molecule has 0 spiro atoms. The molecular weight excluding hydrogens is 1640 g/mol. The molecule has 4 aliphatic heterocycles. The molecule has 4 aliphatic rings. The van der Waals surface area contributed by atoms with Crippen molar-refractivity contribution in [3.05, 3.63) is 30.1 Å². The largest absolute Gasteiger partial charge is 0.481 e. The molecule has 3 aromatic rings. The number of alkyl halides is 1. The number of nitrogens with one attached hydrogen (secondary N) is 2. The minimum absolute atomic E-state index is 0.0902. The summed E-state index contributed by atoms with van der Waals surface area (Å²) in [5, 5.41) is 25.2. The number of aliphatic hydroxyl groups excluding tert-OH is 1. The molecule has 17 heteroatoms. The lowest BCUT2D eigenvalue weighted by molar-refractivity contribution is -0.143. The van der Waals surface area contributed by atoms with Gasteiger partial charge in [-0.2, -0.15) is 4.73 Å². The first-order chi connectivity index (χ1) is 62.2. The molecule has 4 fully saturated rings. The number of fused-ring (bicyclic) bond motifs is 3. The number of hydrogen-bond acceptors (Lipinski definition) is 13. The Labute approximate surface area is 791 Å². The molecule has 6 N–H and O–H groups in total. The fourth-order valence-corrected chi connectivity index (χ4v) is 19.1. The van der Waals surface area contributed by atoms with Gasteiger partial charge >= 0.3 is 5.97 Å². The van der Waals surface area contributed by atoms with Crippen molar-refractivity contribution < 1.29 is 34.2 Å². The van der Waals surface area contributed by atoms with Gasteiger partial charge in [0, 0.05) is 48.0 Å². The number of hydrogen-bond donors (Lipinski definition) is 5. The van der Waals surface area contributed by atoms with Crippen molar-refractivity contribution in [3.63, 3.8) is 0 Å². The third-order valence-corrected chi connectivity index (χ3v) is 27.9. The van der Waals surface area contributed by atoms with E-state index in [-0.39, 0.29) is 24.3 Å². The van der Waals surface area contributed by atoms with Gasteiger partial charge in [0.2, 0.25) is 5.91 Å². The quantitative estimate of drug-likeness (QED) is 0.0263. The number of aliphatic hydroxyl groups is 1. The van der Waals surface area contributed by atoms with Crippen molar-refractivity contribution >= 4 is 67.1 Å². The third-order valence-electron chi connectivity index (χ3n) is 27.3. The molecule has 127 heavy (non-hydrogen) atoms. The van der Waals surface area contributed by atoms with E-state index in [9.17, 15) is 19.2 Å². The monoisotopic (exact) mass is 1840 g/mol. The van der Waals surface area contributed by atoms with E-state index in [1.54, 1.807) is 20.8 Å². The highest BCUT2D eigenvalue weighted by atomic mass is 79.9. The van der Waals surface area contributed by atoms with Crippen molar-refractivity contribution in [2.75, 3.05) is 103 Å². The Morgan fingerprint density at radius 3 is 1.04 bits per heavy atom. The van der Waals surface area contributed by atoms with Crippen molar-refractivity contribution in [1.29, 1.82) is 0 Å². The number of imidazole rings is 1. The predicted molar refractivity (Wildman–Crippen MR) is 552 cm³/mol. The highest BCUT2D eigenvalue weighted by Crippen LogP contribution is 2.30. The first-order valence-electron chi connectivity index (χ1n) is 55.0. The van der Waals surface area contributed by atoms with Crippen LogP contribution in [0.2, 0.25) is 0 Å². The highest BCUT2D eigenvalue weighted by molar-refractivity contribution is 9.09. The number of aryl methyl sites for hydroxylation is 1. The van der Waals surface area contributed by atoms with Gasteiger partial charge in [-0.05, 0) is 195 Å². The lowest BCUT2D eigenvalue weighted by Gasteiger charge is -2.31. The van der Waals surface area contributed by atoms with Crippen molar-refractivity contribution in [2.45, 2.75) is 498 Å². The SMILES string of the molecule is CC(=O)C1CCNCC1.CCCCCCCCCCCCCCCCBr.CCCCCCCCCCCCCCCCN1CCC(C(=O)NCCCCOn2c(CCCC)nc3c(N)nc4ccccc4c32)CC1.CCCCCCCCCCCCCCCCN1CCC(C(=O)O)CC1.CCCCCCCCCCCCCCCCN1CCC(C(C)=O)CC1.CCO. The number of aromatic nitrogens is 3. The van der Waals surface area contributed by atoms with Crippen LogP contribution in [-0.2, 0) is 25.6 Å². The Morgan fingerprint density at radius 1 is 0.409 bits per heavy atom. The number of nitrogens with zero attached hydrogens (tertiary/aromatic N) is 6. The molecule has 0 bridgehead atoms. The zero-order chi connectivity index (χ0) is 92.2. The van der Waals surface area contributed by atoms with E-state index in [1.165, 1.54) is 385 Å². The molecule has 1 aromatic carbocycles. The number of amides is 1. The first-order valence-corrected chi connectivity index (χ1v) is 56.1. The number of unbranched alkanes of at least 4 members (excludes halogenated alkanes) is 54. The van der Waals surface area contributed by atoms with E-state index in [0.717, 1.165) is 158 Å². The number of nitrogens with two attached hydrogens (primary N) is 1. The maximum atomic E-state index is 12.9. The Balaban J connectivity index is 0.000000586. The minimum Gasteiger partial charge on any atom is -0.481 e. The van der Waals surface area contributed by atoms with E-state index >= 15 is 0 Å². The van der Waals surface area contributed by atoms with Crippen LogP contribution in [0.3, 0.4) is 0 Å². The number of piperidine rings is 4. The second kappa shape index (κ2) is 87.6. The molecule has 7 rings (SSSR count). The number of para-hydroxylation sites is 1. The van der Waals surface area contributed by atoms with Gasteiger partial charge in [-0.15, -0.1) is 0 Å². The Kier molecular flexibility index (Phi) is 82.3. The molecule has 6 heterocycles. The zero-order valence-electron chi connectivity index (χ0n) is 84.6. The van der Waals surface area contributed by atoms with E-state index in [0.29, 0.717) is 47.9 Å². The molecule has 0 atom stereocenters. The number of anilines is 1. The molecule has 0 radical (unpaired) electrons. The van der Waals surface area contributed by atoms with Crippen molar-refractivity contribution in [3.8, 4) is 0 Å². The number of likely N-dealkylation sites (tertiary alicyclic amines) is 3. The van der Waals surface area contributed by atoms with Crippen LogP contribution in [0, 0.1) is 23.7 Å². The summed E-state index contributed by atoms with van der Waals surface area (Å²) in [6.45, 7) is 30.0. The zero-order valence-corrected chi connectivity index (χ0v) is 86.2. The van der Waals surface area contributed by atoms with Crippen molar-refractivity contribution in [1.82, 2.24) is 40.0 Å². The number of carboxylic acid groups (broad SMARTS) is 1. The lowest BCUT2D eigenvalue weighted by Crippen LogP contribution is -2.41. The summed E-state index contributed by atoms with van der Waals surface area (Å²) in [5.74, 6) is 2.48. The second-order valence-corrected chi connectivity index (χ2v) is 39.6. The van der Waals surface area contributed by atoms with E-state index in [2.05, 4.69) is 86.9 Å². The maximum absolute atomic E-state index is 12.9. The smallest absolute Gasteiger partial charge is 0.306 e. The summed E-state index contributed by atoms with van der Waals surface area (Å²) >= 11 is 3.48. The number of halogens is 1. The Morgan fingerprint density at radius 2 is 0.717 bits per heavy atom. The summed E-state index contributed by atoms with van der Waals surface area (Å²) < 4.78 is 1.89. The van der Waals surface area contributed by atoms with E-state index < -0.39 is 5.97 Å². The topological polar surface area (TPSA) is 208 Å². The predicted octanol–water partition coefficient (Wildman–Crippen LogP) is 29.5. The molecule has 1 amide bonds. The van der Waals surface area contributed by atoms with E-state index in [4.69, 9.17) is 25.8 Å². The average Bonchev–Trinajstić information content (AvgIpc) is 1.61. The molecular formula is C110H206BrN9O7. The number of carbonyl (C=O) groups excluding carboxylic acids is 3. The molecule has 0 aliphatic carbocycles. The number of rotatable bonds is 72. The third kappa shape index (κ3) is 65.5. The fraction of sp³-hybridized carbons (Fsp3) is 0.873. The molecule has 16 nitrogen and oxygen atoms in total. The van der Waals surface area contributed by atoms with Gasteiger partial charge in [-0.3, -0.25) is 19.2 Å². The lowest BCUT2D eigenvalue weighted by atomic mass is 9.93. The van der Waals surface area contributed by atoms with Crippen LogP contribution in [0.4, 0.5) is 5.82 Å². The fourth-order valence-electron chi connectivity index (χ4n) is 18.7. The van der Waals surface area contributed by atoms with Gasteiger partial charge in [0.25, 0.3) is 0 Å². The molecule has 0 saturated carbocycles.